The molecular weight excluding hydrogens is 220 g/mol. The third kappa shape index (κ3) is 4.34. The van der Waals surface area contributed by atoms with Crippen LogP contribution in [0.2, 0.25) is 0 Å². The van der Waals surface area contributed by atoms with Crippen LogP contribution in [0.3, 0.4) is 0 Å². The van der Waals surface area contributed by atoms with Crippen molar-refractivity contribution in [3.05, 3.63) is 0 Å². The van der Waals surface area contributed by atoms with E-state index in [0.29, 0.717) is 13.0 Å². The van der Waals surface area contributed by atoms with Gasteiger partial charge in [0, 0.05) is 19.0 Å². The summed E-state index contributed by atoms with van der Waals surface area (Å²) in [5.74, 6) is -1.11. The Kier molecular flexibility index (Phi) is 6.16. The molecule has 0 aliphatic carbocycles. The largest absolute Gasteiger partial charge is 0.480 e. The molecule has 0 aromatic rings. The van der Waals surface area contributed by atoms with E-state index in [9.17, 15) is 9.59 Å². The summed E-state index contributed by atoms with van der Waals surface area (Å²) >= 11 is 0. The minimum Gasteiger partial charge on any atom is -0.480 e. The fraction of sp³-hybridized carbons (Fsp3) is 0.833. The van der Waals surface area contributed by atoms with Gasteiger partial charge in [0.15, 0.2) is 0 Å². The maximum atomic E-state index is 12.0. The lowest BCUT2D eigenvalue weighted by atomic mass is 10.0. The number of hydrogen-bond acceptors (Lipinski definition) is 3. The van der Waals surface area contributed by atoms with Crippen molar-refractivity contribution in [2.24, 2.45) is 0 Å². The number of hydrogen-bond donors (Lipinski definition) is 2. The lowest BCUT2D eigenvalue weighted by Crippen LogP contribution is -2.53. The van der Waals surface area contributed by atoms with Gasteiger partial charge < -0.3 is 15.3 Å². The molecule has 0 radical (unpaired) electrons. The van der Waals surface area contributed by atoms with Gasteiger partial charge in [-0.25, -0.2) is 4.79 Å². The van der Waals surface area contributed by atoms with Crippen LogP contribution in [0, 0.1) is 0 Å². The summed E-state index contributed by atoms with van der Waals surface area (Å²) in [5.41, 5.74) is -1.15. The first kappa shape index (κ1) is 15.9. The van der Waals surface area contributed by atoms with Crippen LogP contribution in [0.1, 0.15) is 41.0 Å². The Balaban J connectivity index is 4.67. The fourth-order valence-corrected chi connectivity index (χ4v) is 1.79. The molecule has 2 N–H and O–H groups in total. The van der Waals surface area contributed by atoms with Gasteiger partial charge in [0.1, 0.15) is 5.54 Å². The maximum Gasteiger partial charge on any atom is 0.329 e. The Hall–Kier alpha value is -1.10. The van der Waals surface area contributed by atoms with E-state index in [1.807, 2.05) is 13.8 Å². The molecule has 0 aromatic heterocycles. The summed E-state index contributed by atoms with van der Waals surface area (Å²) in [6, 6.07) is 0.0612. The highest BCUT2D eigenvalue weighted by atomic mass is 16.4. The van der Waals surface area contributed by atoms with Crippen LogP contribution >= 0.6 is 0 Å². The molecule has 0 heterocycles. The van der Waals surface area contributed by atoms with E-state index in [0.717, 1.165) is 6.54 Å². The van der Waals surface area contributed by atoms with Crippen molar-refractivity contribution in [3.63, 3.8) is 0 Å². The fourth-order valence-electron chi connectivity index (χ4n) is 1.79. The first-order valence-corrected chi connectivity index (χ1v) is 6.04. The van der Waals surface area contributed by atoms with Gasteiger partial charge >= 0.3 is 5.97 Å². The summed E-state index contributed by atoms with van der Waals surface area (Å²) in [6.07, 6.45) is 0.318. The minimum atomic E-state index is -1.15. The molecule has 0 bridgehead atoms. The second kappa shape index (κ2) is 6.59. The van der Waals surface area contributed by atoms with Crippen molar-refractivity contribution in [1.82, 2.24) is 10.2 Å². The van der Waals surface area contributed by atoms with Crippen molar-refractivity contribution in [3.8, 4) is 0 Å². The number of carboxylic acid groups (broad SMARTS) is 1. The topological polar surface area (TPSA) is 69.6 Å². The van der Waals surface area contributed by atoms with Gasteiger partial charge in [0.2, 0.25) is 5.91 Å². The lowest BCUT2D eigenvalue weighted by molar-refractivity contribution is -0.156. The molecule has 0 saturated heterocycles. The van der Waals surface area contributed by atoms with Crippen molar-refractivity contribution in [1.29, 1.82) is 0 Å². The predicted octanol–water partition coefficient (Wildman–Crippen LogP) is 1.09. The molecule has 100 valence electrons. The van der Waals surface area contributed by atoms with E-state index in [1.54, 1.807) is 20.8 Å². The lowest BCUT2D eigenvalue weighted by Gasteiger charge is -2.35. The zero-order chi connectivity index (χ0) is 13.6. The number of nitrogens with one attached hydrogen (secondary N) is 1. The smallest absolute Gasteiger partial charge is 0.329 e. The Labute approximate surface area is 103 Å². The van der Waals surface area contributed by atoms with Crippen molar-refractivity contribution < 1.29 is 14.7 Å². The number of carbonyl (C=O) groups is 2. The highest BCUT2D eigenvalue weighted by Gasteiger charge is 2.36. The van der Waals surface area contributed by atoms with E-state index < -0.39 is 11.5 Å². The molecule has 5 heteroatoms. The SMILES string of the molecule is CCNC(C)CC(=O)N(CC)C(C)(C)C(=O)O. The molecular formula is C12H24N2O3. The summed E-state index contributed by atoms with van der Waals surface area (Å²) in [6.45, 7) is 9.98. The first-order valence-electron chi connectivity index (χ1n) is 6.04. The molecule has 5 nitrogen and oxygen atoms in total. The first-order chi connectivity index (χ1) is 7.77. The average molecular weight is 244 g/mol. The zero-order valence-electron chi connectivity index (χ0n) is 11.4. The highest BCUT2D eigenvalue weighted by Crippen LogP contribution is 2.16. The van der Waals surface area contributed by atoms with Gasteiger partial charge in [-0.3, -0.25) is 4.79 Å². The number of nitrogens with zero attached hydrogens (tertiary/aromatic N) is 1. The summed E-state index contributed by atoms with van der Waals surface area (Å²) in [7, 11) is 0. The summed E-state index contributed by atoms with van der Waals surface area (Å²) in [4.78, 5) is 24.6. The molecule has 1 atom stereocenters. The van der Waals surface area contributed by atoms with Gasteiger partial charge in [-0.2, -0.15) is 0 Å². The normalized spacial score (nSPS) is 13.2. The zero-order valence-corrected chi connectivity index (χ0v) is 11.4. The molecule has 0 aromatic carbocycles. The quantitative estimate of drug-likeness (QED) is 0.703. The summed E-state index contributed by atoms with van der Waals surface area (Å²) in [5, 5.41) is 12.3. The van der Waals surface area contributed by atoms with Gasteiger partial charge in [-0.05, 0) is 34.2 Å². The Morgan fingerprint density at radius 3 is 2.24 bits per heavy atom. The molecule has 0 aliphatic heterocycles. The number of amides is 1. The van der Waals surface area contributed by atoms with Gasteiger partial charge in [0.25, 0.3) is 0 Å². The number of carbonyl (C=O) groups excluding carboxylic acids is 1. The van der Waals surface area contributed by atoms with E-state index >= 15 is 0 Å². The molecule has 0 spiro atoms. The van der Waals surface area contributed by atoms with Crippen LogP contribution in [0.4, 0.5) is 0 Å². The molecule has 0 aliphatic rings. The van der Waals surface area contributed by atoms with E-state index in [2.05, 4.69) is 5.32 Å². The number of likely N-dealkylation sites (N-methyl/N-ethyl adjacent to an activating group) is 1. The average Bonchev–Trinajstić information content (AvgIpc) is 2.17. The highest BCUT2D eigenvalue weighted by molar-refractivity contribution is 5.86. The Bertz CT molecular complexity index is 277. The third-order valence-corrected chi connectivity index (χ3v) is 2.85. The van der Waals surface area contributed by atoms with Crippen molar-refractivity contribution in [2.75, 3.05) is 13.1 Å². The van der Waals surface area contributed by atoms with E-state index in [-0.39, 0.29) is 11.9 Å². The standard InChI is InChI=1S/C12H24N2O3/c1-6-13-9(3)8-10(15)14(7-2)12(4,5)11(16)17/h9,13H,6-8H2,1-5H3,(H,16,17). The predicted molar refractivity (Wildman–Crippen MR) is 66.9 cm³/mol. The van der Waals surface area contributed by atoms with E-state index in [1.165, 1.54) is 4.90 Å². The summed E-state index contributed by atoms with van der Waals surface area (Å²) < 4.78 is 0. The van der Waals surface area contributed by atoms with Gasteiger partial charge in [-0.1, -0.05) is 6.92 Å². The number of carboxylic acids is 1. The molecule has 0 saturated carbocycles. The van der Waals surface area contributed by atoms with Crippen LogP contribution in [-0.4, -0.2) is 46.6 Å². The molecule has 1 amide bonds. The van der Waals surface area contributed by atoms with Crippen molar-refractivity contribution in [2.45, 2.75) is 52.6 Å². The van der Waals surface area contributed by atoms with Gasteiger partial charge in [-0.15, -0.1) is 0 Å². The van der Waals surface area contributed by atoms with Crippen LogP contribution < -0.4 is 5.32 Å². The van der Waals surface area contributed by atoms with Crippen LogP contribution in [0.25, 0.3) is 0 Å². The molecule has 17 heavy (non-hydrogen) atoms. The van der Waals surface area contributed by atoms with E-state index in [4.69, 9.17) is 5.11 Å². The number of aliphatic carboxylic acids is 1. The maximum absolute atomic E-state index is 12.0. The molecule has 1 unspecified atom stereocenters. The number of rotatable bonds is 7. The van der Waals surface area contributed by atoms with Crippen LogP contribution in [-0.2, 0) is 9.59 Å². The molecule has 0 rings (SSSR count). The Morgan fingerprint density at radius 1 is 1.35 bits per heavy atom. The second-order valence-corrected chi connectivity index (χ2v) is 4.67. The van der Waals surface area contributed by atoms with Crippen LogP contribution in [0.5, 0.6) is 0 Å². The monoisotopic (exact) mass is 244 g/mol. The van der Waals surface area contributed by atoms with Crippen LogP contribution in [0.15, 0.2) is 0 Å². The minimum absolute atomic E-state index is 0.0612. The molecule has 0 fully saturated rings. The Morgan fingerprint density at radius 2 is 1.88 bits per heavy atom. The second-order valence-electron chi connectivity index (χ2n) is 4.67. The third-order valence-electron chi connectivity index (χ3n) is 2.85. The van der Waals surface area contributed by atoms with Crippen molar-refractivity contribution >= 4 is 11.9 Å². The van der Waals surface area contributed by atoms with Gasteiger partial charge in [0.05, 0.1) is 0 Å².